The molecule has 0 aliphatic rings. The van der Waals surface area contributed by atoms with E-state index in [1.807, 2.05) is 0 Å². The Kier molecular flexibility index (Phi) is 6.03. The summed E-state index contributed by atoms with van der Waals surface area (Å²) in [5.41, 5.74) is -0.0160. The van der Waals surface area contributed by atoms with Gasteiger partial charge in [0.1, 0.15) is 10.8 Å². The highest BCUT2D eigenvalue weighted by atomic mass is 35.5. The molecule has 0 spiro atoms. The molecule has 3 rings (SSSR count). The monoisotopic (exact) mass is 440 g/mol. The van der Waals surface area contributed by atoms with E-state index >= 15 is 0 Å². The van der Waals surface area contributed by atoms with Crippen molar-refractivity contribution in [2.24, 2.45) is 0 Å². The van der Waals surface area contributed by atoms with Crippen LogP contribution in [0.25, 0.3) is 0 Å². The predicted molar refractivity (Wildman–Crippen MR) is 105 cm³/mol. The molecule has 2 aromatic carbocycles. The summed E-state index contributed by atoms with van der Waals surface area (Å²) in [6.45, 7) is -0.00902. The van der Waals surface area contributed by atoms with Crippen LogP contribution >= 0.6 is 34.8 Å². The minimum Gasteiger partial charge on any atom is -0.470 e. The van der Waals surface area contributed by atoms with Crippen molar-refractivity contribution >= 4 is 52.1 Å². The summed E-state index contributed by atoms with van der Waals surface area (Å²) in [6, 6.07) is 10.2. The van der Waals surface area contributed by atoms with Crippen LogP contribution in [0.15, 0.2) is 48.7 Å². The fraction of sp³-hybridized carbons (Fsp3) is 0.0588. The molecule has 0 aliphatic carbocycles. The van der Waals surface area contributed by atoms with Crippen LogP contribution < -0.4 is 10.1 Å². The quantitative estimate of drug-likeness (QED) is 0.427. The highest BCUT2D eigenvalue weighted by molar-refractivity contribution is 6.42. The number of hydrogen-bond donors (Lipinski definition) is 1. The van der Waals surface area contributed by atoms with Gasteiger partial charge < -0.3 is 10.1 Å². The van der Waals surface area contributed by atoms with Crippen LogP contribution in [0.5, 0.6) is 5.75 Å². The van der Waals surface area contributed by atoms with E-state index < -0.39 is 10.8 Å². The summed E-state index contributed by atoms with van der Waals surface area (Å²) in [7, 11) is 0. The zero-order valence-electron chi connectivity index (χ0n) is 13.9. The summed E-state index contributed by atoms with van der Waals surface area (Å²) in [5, 5.41) is 18.2. The maximum atomic E-state index is 12.3. The average Bonchev–Trinajstić information content (AvgIpc) is 3.13. The van der Waals surface area contributed by atoms with Gasteiger partial charge in [-0.2, -0.15) is 5.10 Å². The van der Waals surface area contributed by atoms with Gasteiger partial charge >= 0.3 is 0 Å². The predicted octanol–water partition coefficient (Wildman–Crippen LogP) is 5.04. The molecule has 0 radical (unpaired) electrons. The van der Waals surface area contributed by atoms with Crippen molar-refractivity contribution < 1.29 is 14.5 Å². The second-order valence-electron chi connectivity index (χ2n) is 5.44. The number of nitrogens with zero attached hydrogens (tertiary/aromatic N) is 3. The van der Waals surface area contributed by atoms with Crippen LogP contribution in [0, 0.1) is 10.1 Å². The number of nitrogens with one attached hydrogen (secondary N) is 1. The molecule has 0 saturated carbocycles. The number of anilines is 1. The zero-order chi connectivity index (χ0) is 20.3. The number of carbonyl (C=O) groups excluding carboxylic acids is 1. The summed E-state index contributed by atoms with van der Waals surface area (Å²) >= 11 is 17.9. The van der Waals surface area contributed by atoms with E-state index in [9.17, 15) is 14.9 Å². The number of nitro groups is 1. The number of rotatable bonds is 6. The zero-order valence-corrected chi connectivity index (χ0v) is 16.2. The van der Waals surface area contributed by atoms with Crippen LogP contribution in [0.4, 0.5) is 11.4 Å². The van der Waals surface area contributed by atoms with Crippen molar-refractivity contribution in [1.29, 1.82) is 0 Å². The molecule has 1 heterocycles. The molecular weight excluding hydrogens is 431 g/mol. The first-order chi connectivity index (χ1) is 13.3. The Morgan fingerprint density at radius 2 is 1.96 bits per heavy atom. The average molecular weight is 442 g/mol. The Hall–Kier alpha value is -2.81. The second-order valence-corrected chi connectivity index (χ2v) is 6.63. The van der Waals surface area contributed by atoms with E-state index in [0.29, 0.717) is 10.8 Å². The number of nitro benzene ring substituents is 1. The van der Waals surface area contributed by atoms with Crippen molar-refractivity contribution in [2.45, 2.75) is 6.73 Å². The Balaban J connectivity index is 1.68. The molecule has 0 saturated heterocycles. The molecular formula is C17H11Cl3N4O4. The highest BCUT2D eigenvalue weighted by Gasteiger charge is 2.15. The molecule has 0 unspecified atom stereocenters. The van der Waals surface area contributed by atoms with E-state index in [-0.39, 0.29) is 33.8 Å². The van der Waals surface area contributed by atoms with Gasteiger partial charge in [0.2, 0.25) is 0 Å². The van der Waals surface area contributed by atoms with E-state index in [4.69, 9.17) is 39.5 Å². The Bertz CT molecular complexity index is 1050. The lowest BCUT2D eigenvalue weighted by Crippen LogP contribution is -2.14. The smallest absolute Gasteiger partial charge is 0.276 e. The number of ether oxygens (including phenoxy) is 1. The van der Waals surface area contributed by atoms with Gasteiger partial charge in [-0.15, -0.1) is 0 Å². The van der Waals surface area contributed by atoms with Crippen molar-refractivity contribution in [1.82, 2.24) is 9.78 Å². The van der Waals surface area contributed by atoms with Gasteiger partial charge in [-0.25, -0.2) is 4.68 Å². The molecule has 0 bridgehead atoms. The van der Waals surface area contributed by atoms with Crippen molar-refractivity contribution in [2.75, 3.05) is 5.32 Å². The maximum absolute atomic E-state index is 12.3. The molecule has 144 valence electrons. The van der Waals surface area contributed by atoms with Crippen LogP contribution in [-0.2, 0) is 6.73 Å². The van der Waals surface area contributed by atoms with Crippen molar-refractivity contribution in [3.05, 3.63) is 79.5 Å². The number of non-ortho nitro benzene ring substituents is 1. The lowest BCUT2D eigenvalue weighted by Gasteiger charge is -2.08. The first-order valence-electron chi connectivity index (χ1n) is 7.70. The van der Waals surface area contributed by atoms with Crippen molar-refractivity contribution in [3.8, 4) is 5.75 Å². The van der Waals surface area contributed by atoms with Crippen LogP contribution in [0.3, 0.4) is 0 Å². The minimum atomic E-state index is -0.584. The van der Waals surface area contributed by atoms with E-state index in [1.54, 1.807) is 18.2 Å². The van der Waals surface area contributed by atoms with Gasteiger partial charge in [-0.3, -0.25) is 14.9 Å². The number of aromatic nitrogens is 2. The molecule has 1 N–H and O–H groups in total. The van der Waals surface area contributed by atoms with Gasteiger partial charge in [-0.05, 0) is 24.3 Å². The molecule has 8 nitrogen and oxygen atoms in total. The minimum absolute atomic E-state index is 0.00902. The first kappa shape index (κ1) is 19.9. The SMILES string of the molecule is O=C(Nc1cc([N+](=O)[O-])ccc1Cl)c1ccn(COc2cccc(Cl)c2Cl)n1. The number of halogens is 3. The third kappa shape index (κ3) is 4.53. The van der Waals surface area contributed by atoms with Gasteiger partial charge in [0.15, 0.2) is 12.4 Å². The number of benzene rings is 2. The summed E-state index contributed by atoms with van der Waals surface area (Å²) in [6.07, 6.45) is 1.53. The molecule has 11 heteroatoms. The lowest BCUT2D eigenvalue weighted by molar-refractivity contribution is -0.384. The van der Waals surface area contributed by atoms with Crippen LogP contribution in [-0.4, -0.2) is 20.6 Å². The molecule has 1 aromatic heterocycles. The van der Waals surface area contributed by atoms with Crippen LogP contribution in [0.1, 0.15) is 10.5 Å². The summed E-state index contributed by atoms with van der Waals surface area (Å²) < 4.78 is 6.91. The molecule has 28 heavy (non-hydrogen) atoms. The Morgan fingerprint density at radius 3 is 2.71 bits per heavy atom. The topological polar surface area (TPSA) is 99.3 Å². The van der Waals surface area contributed by atoms with Gasteiger partial charge in [0, 0.05) is 18.3 Å². The number of hydrogen-bond acceptors (Lipinski definition) is 5. The fourth-order valence-electron chi connectivity index (χ4n) is 2.19. The van der Waals surface area contributed by atoms with Gasteiger partial charge in [0.05, 0.1) is 20.7 Å². The van der Waals surface area contributed by atoms with Crippen LogP contribution in [0.2, 0.25) is 15.1 Å². The molecule has 0 atom stereocenters. The third-order valence-corrected chi connectivity index (χ3v) is 4.68. The maximum Gasteiger partial charge on any atom is 0.276 e. The Morgan fingerprint density at radius 1 is 1.18 bits per heavy atom. The first-order valence-corrected chi connectivity index (χ1v) is 8.84. The summed E-state index contributed by atoms with van der Waals surface area (Å²) in [4.78, 5) is 22.6. The number of carbonyl (C=O) groups is 1. The highest BCUT2D eigenvalue weighted by Crippen LogP contribution is 2.31. The molecule has 0 fully saturated rings. The standard InChI is InChI=1S/C17H11Cl3N4O4/c18-11-5-4-10(24(26)27)8-14(11)21-17(25)13-6-7-23(22-13)9-28-15-3-1-2-12(19)16(15)20/h1-8H,9H2,(H,21,25). The van der Waals surface area contributed by atoms with E-state index in [0.717, 1.165) is 0 Å². The molecule has 3 aromatic rings. The molecule has 1 amide bonds. The second kappa shape index (κ2) is 8.47. The fourth-order valence-corrected chi connectivity index (χ4v) is 2.71. The van der Waals surface area contributed by atoms with E-state index in [1.165, 1.54) is 35.1 Å². The number of amides is 1. The normalized spacial score (nSPS) is 10.5. The largest absolute Gasteiger partial charge is 0.470 e. The lowest BCUT2D eigenvalue weighted by atomic mass is 10.2. The third-order valence-electron chi connectivity index (χ3n) is 3.55. The Labute approximate surface area is 173 Å². The van der Waals surface area contributed by atoms with Crippen molar-refractivity contribution in [3.63, 3.8) is 0 Å². The summed E-state index contributed by atoms with van der Waals surface area (Å²) in [5.74, 6) is -0.207. The van der Waals surface area contributed by atoms with Gasteiger partial charge in [-0.1, -0.05) is 40.9 Å². The van der Waals surface area contributed by atoms with E-state index in [2.05, 4.69) is 10.4 Å². The van der Waals surface area contributed by atoms with Gasteiger partial charge in [0.25, 0.3) is 11.6 Å². The molecule has 0 aliphatic heterocycles.